The van der Waals surface area contributed by atoms with Crippen molar-refractivity contribution in [1.82, 2.24) is 4.68 Å². The Balaban J connectivity index is 1.84. The summed E-state index contributed by atoms with van der Waals surface area (Å²) in [5.41, 5.74) is 5.82. The van der Waals surface area contributed by atoms with Crippen LogP contribution in [0.15, 0.2) is 73.1 Å². The van der Waals surface area contributed by atoms with Crippen LogP contribution in [0.3, 0.4) is 0 Å². The highest BCUT2D eigenvalue weighted by atomic mass is 16.5. The Kier molecular flexibility index (Phi) is 2.49. The molecule has 0 amide bonds. The monoisotopic (exact) mass is 262 g/mol. The third-order valence-electron chi connectivity index (χ3n) is 3.56. The number of nitrogens with zero attached hydrogens (tertiary/aromatic N) is 1. The highest BCUT2D eigenvalue weighted by molar-refractivity contribution is 5.54. The zero-order valence-corrected chi connectivity index (χ0v) is 10.9. The van der Waals surface area contributed by atoms with Crippen LogP contribution in [0, 0.1) is 0 Å². The summed E-state index contributed by atoms with van der Waals surface area (Å²) in [6.45, 7) is 0. The van der Waals surface area contributed by atoms with Crippen molar-refractivity contribution in [2.24, 2.45) is 0 Å². The first kappa shape index (κ1) is 11.2. The average molecular weight is 262 g/mol. The second kappa shape index (κ2) is 4.46. The number of rotatable bonds is 2. The number of hydrogen-bond acceptors (Lipinski definition) is 2. The van der Waals surface area contributed by atoms with Crippen molar-refractivity contribution in [2.45, 2.75) is 6.04 Å². The fraction of sp³-hybridized carbons (Fsp3) is 0.0588. The van der Waals surface area contributed by atoms with Gasteiger partial charge >= 0.3 is 0 Å². The molecule has 0 spiro atoms. The number of ether oxygens (including phenoxy) is 1. The predicted octanol–water partition coefficient (Wildman–Crippen LogP) is 3.93. The van der Waals surface area contributed by atoms with Crippen molar-refractivity contribution in [1.29, 1.82) is 0 Å². The van der Waals surface area contributed by atoms with Gasteiger partial charge in [-0.3, -0.25) is 4.68 Å². The van der Waals surface area contributed by atoms with Crippen molar-refractivity contribution >= 4 is 0 Å². The molecule has 2 aromatic carbocycles. The number of aromatic nitrogens is 1. The third kappa shape index (κ3) is 1.75. The van der Waals surface area contributed by atoms with E-state index in [4.69, 9.17) is 4.74 Å². The molecule has 0 saturated heterocycles. The summed E-state index contributed by atoms with van der Waals surface area (Å²) in [6, 6.07) is 20.4. The summed E-state index contributed by atoms with van der Waals surface area (Å²) in [7, 11) is 0. The maximum absolute atomic E-state index is 5.98. The lowest BCUT2D eigenvalue weighted by molar-refractivity contribution is 0.446. The molecule has 98 valence electrons. The molecule has 3 heteroatoms. The maximum atomic E-state index is 5.98. The van der Waals surface area contributed by atoms with Gasteiger partial charge in [-0.05, 0) is 24.3 Å². The Morgan fingerprint density at radius 3 is 1.90 bits per heavy atom. The van der Waals surface area contributed by atoms with E-state index in [0.29, 0.717) is 0 Å². The fourth-order valence-electron chi connectivity index (χ4n) is 2.62. The van der Waals surface area contributed by atoms with Gasteiger partial charge in [0, 0.05) is 23.5 Å². The molecule has 4 rings (SSSR count). The van der Waals surface area contributed by atoms with E-state index in [0.717, 1.165) is 22.6 Å². The number of nitrogens with one attached hydrogen (secondary N) is 1. The van der Waals surface area contributed by atoms with Gasteiger partial charge in [-0.1, -0.05) is 36.4 Å². The Morgan fingerprint density at radius 1 is 0.750 bits per heavy atom. The van der Waals surface area contributed by atoms with E-state index in [2.05, 4.69) is 17.6 Å². The highest BCUT2D eigenvalue weighted by Crippen LogP contribution is 2.42. The molecule has 1 aliphatic heterocycles. The first-order chi connectivity index (χ1) is 9.92. The number of hydrogen-bond donors (Lipinski definition) is 1. The van der Waals surface area contributed by atoms with E-state index < -0.39 is 0 Å². The van der Waals surface area contributed by atoms with Gasteiger partial charge in [0.25, 0.3) is 0 Å². The summed E-state index contributed by atoms with van der Waals surface area (Å²) in [5.74, 6) is 1.83. The Bertz CT molecular complexity index is 689. The lowest BCUT2D eigenvalue weighted by atomic mass is 9.95. The molecule has 0 unspecified atom stereocenters. The Hall–Kier alpha value is -2.68. The lowest BCUT2D eigenvalue weighted by Crippen LogP contribution is -2.23. The second-order valence-corrected chi connectivity index (χ2v) is 4.83. The first-order valence-electron chi connectivity index (χ1n) is 6.67. The molecule has 0 atom stereocenters. The van der Waals surface area contributed by atoms with Gasteiger partial charge in [-0.15, -0.1) is 0 Å². The van der Waals surface area contributed by atoms with Crippen LogP contribution in [-0.4, -0.2) is 4.68 Å². The standard InChI is InChI=1S/C17H14N2O/c1-3-9-15-13(7-1)17(18-19-11-5-6-12-19)14-8-2-4-10-16(14)20-15/h1-12,17-18H. The molecule has 0 radical (unpaired) electrons. The fourth-order valence-corrected chi connectivity index (χ4v) is 2.62. The van der Waals surface area contributed by atoms with Crippen LogP contribution in [0.4, 0.5) is 0 Å². The molecule has 2 heterocycles. The topological polar surface area (TPSA) is 26.2 Å². The molecule has 20 heavy (non-hydrogen) atoms. The van der Waals surface area contributed by atoms with Gasteiger partial charge in [0.05, 0.1) is 6.04 Å². The van der Waals surface area contributed by atoms with Crippen LogP contribution in [0.1, 0.15) is 17.2 Å². The molecular weight excluding hydrogens is 248 g/mol. The molecule has 3 aromatic rings. The molecule has 1 aromatic heterocycles. The maximum Gasteiger partial charge on any atom is 0.133 e. The zero-order chi connectivity index (χ0) is 13.4. The van der Waals surface area contributed by atoms with Gasteiger partial charge in [-0.25, -0.2) is 0 Å². The molecule has 0 fully saturated rings. The van der Waals surface area contributed by atoms with Crippen molar-refractivity contribution in [2.75, 3.05) is 5.43 Å². The van der Waals surface area contributed by atoms with Gasteiger partial charge in [-0.2, -0.15) is 0 Å². The van der Waals surface area contributed by atoms with E-state index in [1.54, 1.807) is 0 Å². The van der Waals surface area contributed by atoms with Gasteiger partial charge in [0.15, 0.2) is 0 Å². The normalized spacial score (nSPS) is 13.2. The summed E-state index contributed by atoms with van der Waals surface area (Å²) in [6.07, 6.45) is 4.00. The zero-order valence-electron chi connectivity index (χ0n) is 10.9. The van der Waals surface area contributed by atoms with Crippen LogP contribution in [0.25, 0.3) is 0 Å². The predicted molar refractivity (Wildman–Crippen MR) is 78.6 cm³/mol. The SMILES string of the molecule is c1ccc2c(c1)Oc1ccccc1C2Nn1cccc1. The molecule has 1 aliphatic rings. The minimum absolute atomic E-state index is 0.0866. The van der Waals surface area contributed by atoms with Crippen LogP contribution >= 0.6 is 0 Å². The number of fused-ring (bicyclic) bond motifs is 2. The minimum Gasteiger partial charge on any atom is -0.457 e. The van der Waals surface area contributed by atoms with Gasteiger partial charge in [0.2, 0.25) is 0 Å². The van der Waals surface area contributed by atoms with E-state index in [1.807, 2.05) is 65.6 Å². The summed E-state index contributed by atoms with van der Waals surface area (Å²) < 4.78 is 7.95. The van der Waals surface area contributed by atoms with Crippen molar-refractivity contribution in [3.8, 4) is 11.5 Å². The molecule has 0 bridgehead atoms. The average Bonchev–Trinajstić information content (AvgIpc) is 3.00. The van der Waals surface area contributed by atoms with Crippen LogP contribution in [0.2, 0.25) is 0 Å². The third-order valence-corrected chi connectivity index (χ3v) is 3.56. The lowest BCUT2D eigenvalue weighted by Gasteiger charge is -2.29. The van der Waals surface area contributed by atoms with Crippen LogP contribution in [0.5, 0.6) is 11.5 Å². The van der Waals surface area contributed by atoms with E-state index >= 15 is 0 Å². The number of benzene rings is 2. The molecule has 0 aliphatic carbocycles. The summed E-state index contributed by atoms with van der Waals surface area (Å²) >= 11 is 0. The molecule has 1 N–H and O–H groups in total. The van der Waals surface area contributed by atoms with Crippen LogP contribution < -0.4 is 10.2 Å². The first-order valence-corrected chi connectivity index (χ1v) is 6.67. The van der Waals surface area contributed by atoms with E-state index in [1.165, 1.54) is 0 Å². The molecular formula is C17H14N2O. The van der Waals surface area contributed by atoms with Crippen molar-refractivity contribution < 1.29 is 4.74 Å². The molecule has 3 nitrogen and oxygen atoms in total. The highest BCUT2D eigenvalue weighted by Gasteiger charge is 2.26. The summed E-state index contributed by atoms with van der Waals surface area (Å²) in [4.78, 5) is 0. The molecule has 0 saturated carbocycles. The van der Waals surface area contributed by atoms with Gasteiger partial charge in [0.1, 0.15) is 11.5 Å². The minimum atomic E-state index is 0.0866. The Morgan fingerprint density at radius 2 is 1.30 bits per heavy atom. The van der Waals surface area contributed by atoms with Gasteiger partial charge < -0.3 is 10.2 Å². The van der Waals surface area contributed by atoms with Crippen LogP contribution in [-0.2, 0) is 0 Å². The largest absolute Gasteiger partial charge is 0.457 e. The smallest absolute Gasteiger partial charge is 0.133 e. The Labute approximate surface area is 117 Å². The quantitative estimate of drug-likeness (QED) is 0.757. The number of para-hydroxylation sites is 2. The summed E-state index contributed by atoms with van der Waals surface area (Å²) in [5, 5.41) is 0. The second-order valence-electron chi connectivity index (χ2n) is 4.83. The van der Waals surface area contributed by atoms with Crippen molar-refractivity contribution in [3.05, 3.63) is 84.2 Å². The van der Waals surface area contributed by atoms with E-state index in [9.17, 15) is 0 Å². The van der Waals surface area contributed by atoms with E-state index in [-0.39, 0.29) is 6.04 Å². The van der Waals surface area contributed by atoms with Crippen molar-refractivity contribution in [3.63, 3.8) is 0 Å².